The van der Waals surface area contributed by atoms with Gasteiger partial charge in [-0.05, 0) is 32.1 Å². The second kappa shape index (κ2) is 24.0. The number of carbonyl (C=O) groups excluding carboxylic acids is 1. The van der Waals surface area contributed by atoms with Crippen LogP contribution >= 0.6 is 0 Å². The number of carboxylic acids is 2. The minimum absolute atomic E-state index is 0. The van der Waals surface area contributed by atoms with E-state index in [1.54, 1.807) is 0 Å². The molecule has 1 atom stereocenters. The average molecular weight is 419 g/mol. The predicted octanol–water partition coefficient (Wildman–Crippen LogP) is 3.04. The Hall–Kier alpha value is -0.320. The normalized spacial score (nSPS) is 12.0. The molecule has 0 fully saturated rings. The zero-order valence-corrected chi connectivity index (χ0v) is 21.1. The number of unbranched alkanes of at least 4 members (excludes halogenated alkanes) is 14. The van der Waals surface area contributed by atoms with Crippen LogP contribution in [0.5, 0.6) is 0 Å². The summed E-state index contributed by atoms with van der Waals surface area (Å²) in [5.41, 5.74) is 0. The predicted molar refractivity (Wildman–Crippen MR) is 114 cm³/mol. The van der Waals surface area contributed by atoms with Crippen molar-refractivity contribution in [3.63, 3.8) is 0 Å². The molecule has 0 saturated carbocycles. The Morgan fingerprint density at radius 1 is 0.759 bits per heavy atom. The van der Waals surface area contributed by atoms with Crippen molar-refractivity contribution in [2.45, 2.75) is 122 Å². The van der Waals surface area contributed by atoms with Gasteiger partial charge in [0.25, 0.3) is 0 Å². The summed E-state index contributed by atoms with van der Waals surface area (Å²) in [5.74, 6) is -3.11. The molecule has 0 amide bonds. The molecule has 0 rings (SSSR count). The molecule has 0 aliphatic heterocycles. The molecule has 1 N–H and O–H groups in total. The minimum Gasteiger partial charge on any atom is -0.550 e. The van der Waals surface area contributed by atoms with Gasteiger partial charge in [0.15, 0.2) is 0 Å². The third-order valence-corrected chi connectivity index (χ3v) is 5.33. The zero-order valence-electron chi connectivity index (χ0n) is 19.1. The smallest absolute Gasteiger partial charge is 0.550 e. The van der Waals surface area contributed by atoms with Crippen molar-refractivity contribution in [3.05, 3.63) is 12.2 Å². The van der Waals surface area contributed by atoms with E-state index >= 15 is 0 Å². The number of hydrogen-bond donors (Lipinski definition) is 1. The minimum atomic E-state index is -1.28. The van der Waals surface area contributed by atoms with Gasteiger partial charge in [-0.2, -0.15) is 0 Å². The van der Waals surface area contributed by atoms with Gasteiger partial charge in [-0.15, -0.1) is 0 Å². The molecule has 0 aromatic heterocycles. The topological polar surface area (TPSA) is 77.4 Å². The number of carboxylic acid groups (broad SMARTS) is 2. The second-order valence-electron chi connectivity index (χ2n) is 8.04. The van der Waals surface area contributed by atoms with Gasteiger partial charge in [-0.1, -0.05) is 96.1 Å². The van der Waals surface area contributed by atoms with E-state index in [1.807, 2.05) is 0 Å². The van der Waals surface area contributed by atoms with Crippen LogP contribution in [0.1, 0.15) is 122 Å². The van der Waals surface area contributed by atoms with Crippen LogP contribution < -0.4 is 34.7 Å². The maximum absolute atomic E-state index is 10.9. The fourth-order valence-corrected chi connectivity index (χ4v) is 3.51. The largest absolute Gasteiger partial charge is 1.00 e. The molecule has 0 aliphatic carbocycles. The molecule has 29 heavy (non-hydrogen) atoms. The van der Waals surface area contributed by atoms with Crippen molar-refractivity contribution in [3.8, 4) is 0 Å². The molecule has 0 bridgehead atoms. The van der Waals surface area contributed by atoms with E-state index in [0.717, 1.165) is 32.1 Å². The Kier molecular flexibility index (Phi) is 25.5. The number of rotatable bonds is 21. The summed E-state index contributed by atoms with van der Waals surface area (Å²) >= 11 is 0. The Labute approximate surface area is 201 Å². The van der Waals surface area contributed by atoms with Gasteiger partial charge in [-0.25, -0.2) is 0 Å². The molecule has 0 saturated heterocycles. The van der Waals surface area contributed by atoms with Crippen LogP contribution in [0.2, 0.25) is 0 Å². The molecule has 5 heteroatoms. The summed E-state index contributed by atoms with van der Waals surface area (Å²) in [7, 11) is 0. The summed E-state index contributed by atoms with van der Waals surface area (Å²) < 4.78 is 0. The van der Waals surface area contributed by atoms with E-state index in [2.05, 4.69) is 19.1 Å². The van der Waals surface area contributed by atoms with Crippen molar-refractivity contribution in [1.29, 1.82) is 0 Å². The van der Waals surface area contributed by atoms with Crippen LogP contribution in [0.4, 0.5) is 0 Å². The Bertz CT molecular complexity index is 410. The van der Waals surface area contributed by atoms with Crippen molar-refractivity contribution in [2.24, 2.45) is 5.92 Å². The van der Waals surface area contributed by atoms with Gasteiger partial charge in [0.2, 0.25) is 0 Å². The standard InChI is InChI=1S/C24H44O4.Na/c1-2-3-4-5-6-7-8-9-10-11-12-13-14-15-16-17-18-19-20-22(24(27)28)21-23(25)26;/h13-14,22H,2-12,15-21H2,1H3,(H,25,26)(H,27,28);/q;+1/p-1/b14-13+;. The SMILES string of the molecule is CCCCCCCCCCCC/C=C/CCCCCCC(CC(=O)[O-])C(=O)O.[Na+]. The molecule has 0 radical (unpaired) electrons. The molecule has 0 aromatic carbocycles. The average Bonchev–Trinajstić information content (AvgIpc) is 2.65. The molecule has 0 aliphatic rings. The van der Waals surface area contributed by atoms with Crippen LogP contribution in [0.15, 0.2) is 12.2 Å². The quantitative estimate of drug-likeness (QED) is 0.177. The molecule has 1 unspecified atom stereocenters. The maximum Gasteiger partial charge on any atom is 1.00 e. The van der Waals surface area contributed by atoms with Crippen molar-refractivity contribution < 1.29 is 49.4 Å². The van der Waals surface area contributed by atoms with E-state index in [9.17, 15) is 14.7 Å². The van der Waals surface area contributed by atoms with Gasteiger partial charge in [-0.3, -0.25) is 4.79 Å². The van der Waals surface area contributed by atoms with E-state index < -0.39 is 17.9 Å². The first-order valence-electron chi connectivity index (χ1n) is 11.7. The monoisotopic (exact) mass is 418 g/mol. The van der Waals surface area contributed by atoms with Crippen LogP contribution in [0.25, 0.3) is 0 Å². The Morgan fingerprint density at radius 2 is 1.17 bits per heavy atom. The van der Waals surface area contributed by atoms with Crippen molar-refractivity contribution in [1.82, 2.24) is 0 Å². The second-order valence-corrected chi connectivity index (χ2v) is 8.04. The molecule has 164 valence electrons. The van der Waals surface area contributed by atoms with Crippen LogP contribution in [-0.2, 0) is 9.59 Å². The van der Waals surface area contributed by atoms with Gasteiger partial charge >= 0.3 is 35.5 Å². The summed E-state index contributed by atoms with van der Waals surface area (Å²) in [6.07, 6.45) is 24.5. The molecular weight excluding hydrogens is 375 g/mol. The molecule has 0 spiro atoms. The van der Waals surface area contributed by atoms with Crippen LogP contribution in [0, 0.1) is 5.92 Å². The first kappa shape index (κ1) is 30.9. The van der Waals surface area contributed by atoms with Gasteiger partial charge in [0.1, 0.15) is 0 Å². The van der Waals surface area contributed by atoms with E-state index in [1.165, 1.54) is 70.6 Å². The van der Waals surface area contributed by atoms with Gasteiger partial charge < -0.3 is 15.0 Å². The van der Waals surface area contributed by atoms with Gasteiger partial charge in [0, 0.05) is 12.4 Å². The number of hydrogen-bond acceptors (Lipinski definition) is 3. The fraction of sp³-hybridized carbons (Fsp3) is 0.833. The van der Waals surface area contributed by atoms with E-state index in [0.29, 0.717) is 6.42 Å². The molecule has 0 aromatic rings. The first-order chi connectivity index (χ1) is 13.6. The molecular formula is C24H43NaO4. The molecule has 4 nitrogen and oxygen atoms in total. The van der Waals surface area contributed by atoms with Crippen LogP contribution in [0.3, 0.4) is 0 Å². The fourth-order valence-electron chi connectivity index (χ4n) is 3.51. The Balaban J connectivity index is 0. The third kappa shape index (κ3) is 23.8. The third-order valence-electron chi connectivity index (χ3n) is 5.33. The number of carbonyl (C=O) groups is 2. The van der Waals surface area contributed by atoms with Crippen molar-refractivity contribution in [2.75, 3.05) is 0 Å². The van der Waals surface area contributed by atoms with Gasteiger partial charge in [0.05, 0.1) is 5.92 Å². The summed E-state index contributed by atoms with van der Waals surface area (Å²) in [4.78, 5) is 21.5. The zero-order chi connectivity index (χ0) is 20.9. The number of aliphatic carboxylic acids is 2. The summed E-state index contributed by atoms with van der Waals surface area (Å²) in [6, 6.07) is 0. The maximum atomic E-state index is 10.9. The summed E-state index contributed by atoms with van der Waals surface area (Å²) in [5, 5.41) is 19.5. The first-order valence-corrected chi connectivity index (χ1v) is 11.7. The Morgan fingerprint density at radius 3 is 1.59 bits per heavy atom. The number of allylic oxidation sites excluding steroid dienone is 2. The van der Waals surface area contributed by atoms with E-state index in [-0.39, 0.29) is 36.0 Å². The van der Waals surface area contributed by atoms with Crippen LogP contribution in [-0.4, -0.2) is 17.0 Å². The molecule has 0 heterocycles. The van der Waals surface area contributed by atoms with Crippen molar-refractivity contribution >= 4 is 11.9 Å². The van der Waals surface area contributed by atoms with E-state index in [4.69, 9.17) is 5.11 Å². The summed E-state index contributed by atoms with van der Waals surface area (Å²) in [6.45, 7) is 2.26.